The summed E-state index contributed by atoms with van der Waals surface area (Å²) in [4.78, 5) is 38.3. The van der Waals surface area contributed by atoms with Crippen LogP contribution in [0.4, 0.5) is 0 Å². The molecule has 0 aliphatic heterocycles. The summed E-state index contributed by atoms with van der Waals surface area (Å²) < 4.78 is 16.9. The van der Waals surface area contributed by atoms with Gasteiger partial charge in [0.05, 0.1) is 0 Å². The summed E-state index contributed by atoms with van der Waals surface area (Å²) in [6.45, 7) is 6.67. The Morgan fingerprint density at radius 1 is 0.244 bits per heavy atom. The van der Waals surface area contributed by atoms with E-state index in [4.69, 9.17) is 14.2 Å². The van der Waals surface area contributed by atoms with Gasteiger partial charge >= 0.3 is 17.9 Å². The SMILES string of the molecule is CCCCCC/C=C\CCCCCCCC(=O)OCC(COC(=O)CCCCCCCCCCCCCCCCCCCCCCCCCCCCCCCCCCC)OC(=O)CCCCCCC/C=C\CCCCCCC. The number of carbonyl (C=O) groups excluding carboxylic acids is 3. The van der Waals surface area contributed by atoms with Crippen molar-refractivity contribution in [3.8, 4) is 0 Å². The molecule has 1 unspecified atom stereocenters. The van der Waals surface area contributed by atoms with Crippen LogP contribution in [0, 0.1) is 0 Å². The molecule has 0 aromatic carbocycles. The Hall–Kier alpha value is -2.11. The quantitative estimate of drug-likeness (QED) is 0.0261. The molecule has 0 saturated carbocycles. The second-order valence-electron chi connectivity index (χ2n) is 24.1. The van der Waals surface area contributed by atoms with Crippen molar-refractivity contribution in [2.45, 2.75) is 406 Å². The van der Waals surface area contributed by atoms with Gasteiger partial charge in [0.2, 0.25) is 0 Å². The van der Waals surface area contributed by atoms with Crippen LogP contribution >= 0.6 is 0 Å². The Morgan fingerprint density at radius 2 is 0.423 bits per heavy atom. The lowest BCUT2D eigenvalue weighted by atomic mass is 10.0. The summed E-state index contributed by atoms with van der Waals surface area (Å²) in [5, 5.41) is 0. The predicted octanol–water partition coefficient (Wildman–Crippen LogP) is 24.2. The number of esters is 3. The van der Waals surface area contributed by atoms with Gasteiger partial charge in [-0.1, -0.05) is 334 Å². The minimum absolute atomic E-state index is 0.0725. The van der Waals surface area contributed by atoms with Gasteiger partial charge in [-0.15, -0.1) is 0 Å². The molecule has 0 aliphatic carbocycles. The molecule has 0 aromatic heterocycles. The third kappa shape index (κ3) is 64.7. The van der Waals surface area contributed by atoms with Crippen LogP contribution in [0.5, 0.6) is 0 Å². The van der Waals surface area contributed by atoms with E-state index in [2.05, 4.69) is 45.1 Å². The number of carbonyl (C=O) groups is 3. The molecule has 0 aliphatic rings. The van der Waals surface area contributed by atoms with Crippen molar-refractivity contribution in [1.82, 2.24) is 0 Å². The smallest absolute Gasteiger partial charge is 0.306 e. The van der Waals surface area contributed by atoms with Gasteiger partial charge in [-0.2, -0.15) is 0 Å². The lowest BCUT2D eigenvalue weighted by molar-refractivity contribution is -0.167. The van der Waals surface area contributed by atoms with Crippen molar-refractivity contribution >= 4 is 17.9 Å². The zero-order valence-electron chi connectivity index (χ0n) is 53.0. The average Bonchev–Trinajstić information content (AvgIpc) is 3.44. The Balaban J connectivity index is 4.05. The lowest BCUT2D eigenvalue weighted by Gasteiger charge is -2.18. The van der Waals surface area contributed by atoms with Crippen LogP contribution < -0.4 is 0 Å². The molecule has 78 heavy (non-hydrogen) atoms. The van der Waals surface area contributed by atoms with Gasteiger partial charge in [0.1, 0.15) is 13.2 Å². The molecular formula is C72H136O6. The van der Waals surface area contributed by atoms with Gasteiger partial charge in [0.25, 0.3) is 0 Å². The fourth-order valence-corrected chi connectivity index (χ4v) is 10.8. The molecule has 0 N–H and O–H groups in total. The summed E-state index contributed by atoms with van der Waals surface area (Å²) >= 11 is 0. The Labute approximate surface area is 487 Å². The van der Waals surface area contributed by atoms with E-state index in [1.54, 1.807) is 0 Å². The van der Waals surface area contributed by atoms with Crippen LogP contribution in [-0.2, 0) is 28.6 Å². The van der Waals surface area contributed by atoms with Crippen molar-refractivity contribution in [2.75, 3.05) is 13.2 Å². The number of hydrogen-bond acceptors (Lipinski definition) is 6. The Bertz CT molecular complexity index is 1260. The zero-order chi connectivity index (χ0) is 56.4. The van der Waals surface area contributed by atoms with Crippen molar-refractivity contribution < 1.29 is 28.6 Å². The van der Waals surface area contributed by atoms with E-state index in [1.807, 2.05) is 0 Å². The normalized spacial score (nSPS) is 12.1. The molecule has 0 rings (SSSR count). The third-order valence-electron chi connectivity index (χ3n) is 16.2. The number of hydrogen-bond donors (Lipinski definition) is 0. The highest BCUT2D eigenvalue weighted by Gasteiger charge is 2.19. The van der Waals surface area contributed by atoms with E-state index >= 15 is 0 Å². The summed E-state index contributed by atoms with van der Waals surface area (Å²) in [5.74, 6) is -0.865. The third-order valence-corrected chi connectivity index (χ3v) is 16.2. The lowest BCUT2D eigenvalue weighted by Crippen LogP contribution is -2.30. The Kier molecular flexibility index (Phi) is 65.6. The second kappa shape index (κ2) is 67.4. The van der Waals surface area contributed by atoms with Gasteiger partial charge in [0, 0.05) is 19.3 Å². The topological polar surface area (TPSA) is 78.9 Å². The molecule has 0 saturated heterocycles. The summed E-state index contributed by atoms with van der Waals surface area (Å²) in [6, 6.07) is 0. The zero-order valence-corrected chi connectivity index (χ0v) is 53.0. The van der Waals surface area contributed by atoms with Crippen LogP contribution in [0.15, 0.2) is 24.3 Å². The van der Waals surface area contributed by atoms with Crippen LogP contribution in [0.2, 0.25) is 0 Å². The van der Waals surface area contributed by atoms with E-state index < -0.39 is 6.10 Å². The molecule has 6 nitrogen and oxygen atoms in total. The number of rotatable bonds is 66. The van der Waals surface area contributed by atoms with Crippen molar-refractivity contribution in [1.29, 1.82) is 0 Å². The van der Waals surface area contributed by atoms with Crippen LogP contribution in [0.3, 0.4) is 0 Å². The van der Waals surface area contributed by atoms with Gasteiger partial charge < -0.3 is 14.2 Å². The minimum atomic E-state index is -0.776. The van der Waals surface area contributed by atoms with Crippen molar-refractivity contribution in [3.05, 3.63) is 24.3 Å². The highest BCUT2D eigenvalue weighted by molar-refractivity contribution is 5.71. The van der Waals surface area contributed by atoms with Crippen LogP contribution in [0.1, 0.15) is 400 Å². The van der Waals surface area contributed by atoms with Crippen molar-refractivity contribution in [3.63, 3.8) is 0 Å². The highest BCUT2D eigenvalue weighted by Crippen LogP contribution is 2.19. The van der Waals surface area contributed by atoms with Gasteiger partial charge in [-0.05, 0) is 70.6 Å². The molecule has 0 radical (unpaired) electrons. The molecule has 6 heteroatoms. The summed E-state index contributed by atoms with van der Waals surface area (Å²) in [5.41, 5.74) is 0. The number of allylic oxidation sites excluding steroid dienone is 4. The average molecular weight is 1100 g/mol. The number of unbranched alkanes of at least 4 members (excludes halogenated alkanes) is 51. The summed E-state index contributed by atoms with van der Waals surface area (Å²) in [7, 11) is 0. The first-order chi connectivity index (χ1) is 38.5. The first-order valence-electron chi connectivity index (χ1n) is 35.3. The molecule has 460 valence electrons. The molecular weight excluding hydrogens is 961 g/mol. The van der Waals surface area contributed by atoms with E-state index in [0.29, 0.717) is 19.3 Å². The highest BCUT2D eigenvalue weighted by atomic mass is 16.6. The molecule has 0 spiro atoms. The van der Waals surface area contributed by atoms with Crippen LogP contribution in [0.25, 0.3) is 0 Å². The van der Waals surface area contributed by atoms with Crippen LogP contribution in [-0.4, -0.2) is 37.2 Å². The predicted molar refractivity (Wildman–Crippen MR) is 340 cm³/mol. The maximum Gasteiger partial charge on any atom is 0.306 e. The number of ether oxygens (including phenoxy) is 3. The molecule has 0 fully saturated rings. The minimum Gasteiger partial charge on any atom is -0.462 e. The van der Waals surface area contributed by atoms with E-state index in [0.717, 1.165) is 70.6 Å². The fourth-order valence-electron chi connectivity index (χ4n) is 10.8. The monoisotopic (exact) mass is 1100 g/mol. The molecule has 1 atom stereocenters. The first kappa shape index (κ1) is 75.9. The second-order valence-corrected chi connectivity index (χ2v) is 24.1. The molecule has 0 amide bonds. The Morgan fingerprint density at radius 3 is 0.654 bits per heavy atom. The largest absolute Gasteiger partial charge is 0.462 e. The maximum atomic E-state index is 12.9. The fraction of sp³-hybridized carbons (Fsp3) is 0.903. The maximum absolute atomic E-state index is 12.9. The van der Waals surface area contributed by atoms with E-state index in [9.17, 15) is 14.4 Å². The van der Waals surface area contributed by atoms with E-state index in [-0.39, 0.29) is 31.1 Å². The van der Waals surface area contributed by atoms with Gasteiger partial charge in [0.15, 0.2) is 6.10 Å². The molecule has 0 heterocycles. The van der Waals surface area contributed by atoms with Gasteiger partial charge in [-0.3, -0.25) is 14.4 Å². The van der Waals surface area contributed by atoms with Gasteiger partial charge in [-0.25, -0.2) is 0 Å². The summed E-state index contributed by atoms with van der Waals surface area (Å²) in [6.07, 6.45) is 82.3. The first-order valence-corrected chi connectivity index (χ1v) is 35.3. The standard InChI is InChI=1S/C72H136O6/c1-4-7-10-13-16-19-22-25-27-28-29-30-31-32-33-34-35-36-37-38-39-40-41-42-43-44-45-48-50-53-56-59-62-65-71(74)77-68-69(67-76-70(73)64-61-58-55-52-49-46-24-21-18-15-12-9-6-3)78-72(75)66-63-60-57-54-51-47-26-23-20-17-14-11-8-5-2/h21,23-24,26,69H,4-20,22,25,27-68H2,1-3H3/b24-21-,26-23-. The van der Waals surface area contributed by atoms with Crippen molar-refractivity contribution in [2.24, 2.45) is 0 Å². The molecule has 0 aromatic rings. The molecule has 0 bridgehead atoms. The van der Waals surface area contributed by atoms with E-state index in [1.165, 1.54) is 289 Å².